The van der Waals surface area contributed by atoms with Crippen molar-refractivity contribution in [2.75, 3.05) is 46.2 Å². The molecule has 1 atom stereocenters. The molecule has 1 unspecified atom stereocenters. The van der Waals surface area contributed by atoms with E-state index in [2.05, 4.69) is 26.6 Å². The summed E-state index contributed by atoms with van der Waals surface area (Å²) in [5, 5.41) is 6.70. The van der Waals surface area contributed by atoms with E-state index in [0.717, 1.165) is 30.9 Å². The van der Waals surface area contributed by atoms with Crippen LogP contribution in [-0.2, 0) is 16.6 Å². The lowest BCUT2D eigenvalue weighted by Crippen LogP contribution is -2.44. The van der Waals surface area contributed by atoms with Gasteiger partial charge in [-0.25, -0.2) is 12.7 Å². The topological polar surface area (TPSA) is 86.3 Å². The van der Waals surface area contributed by atoms with Crippen molar-refractivity contribution in [3.05, 3.63) is 54.1 Å². The summed E-state index contributed by atoms with van der Waals surface area (Å²) in [6.45, 7) is 2.09. The number of guanidine groups is 1. The van der Waals surface area contributed by atoms with Crippen LogP contribution in [0, 0.1) is 0 Å². The molecule has 1 aliphatic heterocycles. The van der Waals surface area contributed by atoms with Crippen molar-refractivity contribution in [1.29, 1.82) is 0 Å². The molecule has 2 N–H and O–H groups in total. The molecule has 1 aliphatic rings. The molecule has 31 heavy (non-hydrogen) atoms. The van der Waals surface area contributed by atoms with Gasteiger partial charge in [0.05, 0.1) is 17.7 Å². The number of hydrogen-bond acceptors (Lipinski definition) is 5. The number of hydrogen-bond donors (Lipinski definition) is 2. The van der Waals surface area contributed by atoms with E-state index in [1.165, 1.54) is 18.4 Å². The van der Waals surface area contributed by atoms with Crippen LogP contribution >= 0.6 is 0 Å². The van der Waals surface area contributed by atoms with E-state index in [1.54, 1.807) is 26.3 Å². The van der Waals surface area contributed by atoms with Crippen molar-refractivity contribution in [3.63, 3.8) is 0 Å². The molecule has 0 saturated carbocycles. The normalized spacial score (nSPS) is 17.1. The standard InChI is InChI=1S/C22H31N5O3S/c1-23-22(24-15-17-9-5-8-12-21(17)31(28,29)26(2)3)25-18-13-14-27(16-18)19-10-6-7-11-20(19)30-4/h5-12,18H,13-16H2,1-4H3,(H2,23,24,25). The van der Waals surface area contributed by atoms with Gasteiger partial charge in [-0.3, -0.25) is 4.99 Å². The summed E-state index contributed by atoms with van der Waals surface area (Å²) in [6.07, 6.45) is 0.963. The minimum Gasteiger partial charge on any atom is -0.495 e. The van der Waals surface area contributed by atoms with Gasteiger partial charge in [0.1, 0.15) is 5.75 Å². The third-order valence-corrected chi connectivity index (χ3v) is 7.27. The van der Waals surface area contributed by atoms with Crippen LogP contribution in [0.5, 0.6) is 5.75 Å². The summed E-state index contributed by atoms with van der Waals surface area (Å²) < 4.78 is 31.9. The van der Waals surface area contributed by atoms with E-state index in [-0.39, 0.29) is 6.04 Å². The average Bonchev–Trinajstić information content (AvgIpc) is 3.25. The van der Waals surface area contributed by atoms with Gasteiger partial charge in [0, 0.05) is 46.8 Å². The van der Waals surface area contributed by atoms with E-state index >= 15 is 0 Å². The van der Waals surface area contributed by atoms with Gasteiger partial charge in [-0.05, 0) is 30.2 Å². The molecule has 168 valence electrons. The fourth-order valence-corrected chi connectivity index (χ4v) is 4.77. The first-order chi connectivity index (χ1) is 14.9. The lowest BCUT2D eigenvalue weighted by molar-refractivity contribution is 0.415. The van der Waals surface area contributed by atoms with Crippen molar-refractivity contribution in [1.82, 2.24) is 14.9 Å². The highest BCUT2D eigenvalue weighted by atomic mass is 32.2. The second-order valence-electron chi connectivity index (χ2n) is 7.57. The number of anilines is 1. The number of nitrogens with zero attached hydrogens (tertiary/aromatic N) is 3. The zero-order valence-electron chi connectivity index (χ0n) is 18.5. The zero-order valence-corrected chi connectivity index (χ0v) is 19.3. The summed E-state index contributed by atoms with van der Waals surface area (Å²) in [5.41, 5.74) is 1.78. The lowest BCUT2D eigenvalue weighted by Gasteiger charge is -2.22. The van der Waals surface area contributed by atoms with Gasteiger partial charge in [0.25, 0.3) is 0 Å². The van der Waals surface area contributed by atoms with Crippen LogP contribution in [0.15, 0.2) is 58.4 Å². The van der Waals surface area contributed by atoms with Crippen LogP contribution < -0.4 is 20.3 Å². The highest BCUT2D eigenvalue weighted by molar-refractivity contribution is 7.89. The van der Waals surface area contributed by atoms with E-state index in [4.69, 9.17) is 4.74 Å². The smallest absolute Gasteiger partial charge is 0.242 e. The number of rotatable bonds is 7. The van der Waals surface area contributed by atoms with Crippen molar-refractivity contribution >= 4 is 21.7 Å². The molecule has 1 heterocycles. The largest absolute Gasteiger partial charge is 0.495 e. The highest BCUT2D eigenvalue weighted by Crippen LogP contribution is 2.30. The van der Waals surface area contributed by atoms with E-state index in [9.17, 15) is 8.42 Å². The number of benzene rings is 2. The molecule has 2 aromatic rings. The Balaban J connectivity index is 1.63. The van der Waals surface area contributed by atoms with Crippen LogP contribution in [0.3, 0.4) is 0 Å². The third kappa shape index (κ3) is 5.29. The van der Waals surface area contributed by atoms with Gasteiger partial charge >= 0.3 is 0 Å². The molecule has 0 radical (unpaired) electrons. The predicted molar refractivity (Wildman–Crippen MR) is 124 cm³/mol. The number of aliphatic imine (C=N–C) groups is 1. The molecule has 1 saturated heterocycles. The Morgan fingerprint density at radius 1 is 1.19 bits per heavy atom. The first-order valence-corrected chi connectivity index (χ1v) is 11.7. The first-order valence-electron chi connectivity index (χ1n) is 10.2. The third-order valence-electron chi connectivity index (χ3n) is 5.36. The fourth-order valence-electron chi connectivity index (χ4n) is 3.65. The summed E-state index contributed by atoms with van der Waals surface area (Å²) in [4.78, 5) is 6.91. The SMILES string of the molecule is CN=C(NCc1ccccc1S(=O)(=O)N(C)C)NC1CCN(c2ccccc2OC)C1. The summed E-state index contributed by atoms with van der Waals surface area (Å²) in [7, 11) is 2.95. The van der Waals surface area contributed by atoms with Crippen molar-refractivity contribution in [2.24, 2.45) is 4.99 Å². The van der Waals surface area contributed by atoms with Crippen LogP contribution in [0.2, 0.25) is 0 Å². The van der Waals surface area contributed by atoms with Gasteiger partial charge in [-0.2, -0.15) is 0 Å². The van der Waals surface area contributed by atoms with Crippen LogP contribution in [0.4, 0.5) is 5.69 Å². The summed E-state index contributed by atoms with van der Waals surface area (Å²) >= 11 is 0. The molecule has 3 rings (SSSR count). The quantitative estimate of drug-likeness (QED) is 0.500. The van der Waals surface area contributed by atoms with Crippen LogP contribution in [0.1, 0.15) is 12.0 Å². The van der Waals surface area contributed by atoms with E-state index in [0.29, 0.717) is 23.0 Å². The minimum absolute atomic E-state index is 0.219. The van der Waals surface area contributed by atoms with E-state index in [1.807, 2.05) is 30.3 Å². The second kappa shape index (κ2) is 10.0. The Morgan fingerprint density at radius 2 is 1.90 bits per heavy atom. The molecule has 1 fully saturated rings. The van der Waals surface area contributed by atoms with Gasteiger partial charge in [0.15, 0.2) is 5.96 Å². The monoisotopic (exact) mass is 445 g/mol. The van der Waals surface area contributed by atoms with Crippen molar-refractivity contribution in [2.45, 2.75) is 23.9 Å². The van der Waals surface area contributed by atoms with E-state index < -0.39 is 10.0 Å². The summed E-state index contributed by atoms with van der Waals surface area (Å²) in [5.74, 6) is 1.51. The predicted octanol–water partition coefficient (Wildman–Crippen LogP) is 1.89. The number of para-hydroxylation sites is 2. The number of sulfonamides is 1. The molecule has 8 nitrogen and oxygen atoms in total. The molecule has 9 heteroatoms. The lowest BCUT2D eigenvalue weighted by atomic mass is 10.2. The maximum absolute atomic E-state index is 12.6. The molecule has 0 aliphatic carbocycles. The fraction of sp³-hybridized carbons (Fsp3) is 0.409. The second-order valence-corrected chi connectivity index (χ2v) is 9.69. The van der Waals surface area contributed by atoms with Crippen molar-refractivity contribution < 1.29 is 13.2 Å². The molecule has 0 aromatic heterocycles. The van der Waals surface area contributed by atoms with Gasteiger partial charge < -0.3 is 20.3 Å². The minimum atomic E-state index is -3.51. The van der Waals surface area contributed by atoms with Gasteiger partial charge in [-0.15, -0.1) is 0 Å². The Hall–Kier alpha value is -2.78. The van der Waals surface area contributed by atoms with Crippen LogP contribution in [0.25, 0.3) is 0 Å². The number of nitrogens with one attached hydrogen (secondary N) is 2. The van der Waals surface area contributed by atoms with Gasteiger partial charge in [-0.1, -0.05) is 30.3 Å². The van der Waals surface area contributed by atoms with Gasteiger partial charge in [0.2, 0.25) is 10.0 Å². The van der Waals surface area contributed by atoms with Crippen LogP contribution in [-0.4, -0.2) is 66.1 Å². The molecular formula is C22H31N5O3S. The maximum Gasteiger partial charge on any atom is 0.242 e. The zero-order chi connectivity index (χ0) is 22.4. The summed E-state index contributed by atoms with van der Waals surface area (Å²) in [6, 6.07) is 15.2. The average molecular weight is 446 g/mol. The number of ether oxygens (including phenoxy) is 1. The molecule has 0 amide bonds. The Labute approximate surface area is 185 Å². The van der Waals surface area contributed by atoms with Crippen molar-refractivity contribution in [3.8, 4) is 5.75 Å². The molecule has 0 spiro atoms. The Morgan fingerprint density at radius 3 is 2.61 bits per heavy atom. The first kappa shape index (κ1) is 22.9. The Kier molecular flexibility index (Phi) is 7.40. The molecular weight excluding hydrogens is 414 g/mol. The maximum atomic E-state index is 12.6. The number of methoxy groups -OCH3 is 1. The highest BCUT2D eigenvalue weighted by Gasteiger charge is 2.25. The Bertz CT molecular complexity index is 1020. The molecule has 0 bridgehead atoms. The molecule has 2 aromatic carbocycles.